The molecule has 0 aliphatic heterocycles. The zero-order valence-corrected chi connectivity index (χ0v) is 11.0. The van der Waals surface area contributed by atoms with Crippen molar-refractivity contribution in [3.63, 3.8) is 0 Å². The molecule has 0 bridgehead atoms. The molecule has 0 unspecified atom stereocenters. The van der Waals surface area contributed by atoms with E-state index in [1.165, 1.54) is 6.07 Å². The molecule has 104 valence electrons. The van der Waals surface area contributed by atoms with Gasteiger partial charge < -0.3 is 5.11 Å². The van der Waals surface area contributed by atoms with Crippen LogP contribution in [0.1, 0.15) is 5.56 Å². The molecule has 0 aromatic heterocycles. The van der Waals surface area contributed by atoms with E-state index in [4.69, 9.17) is 33.6 Å². The third-order valence-electron chi connectivity index (χ3n) is 1.94. The highest BCUT2D eigenvalue weighted by Crippen LogP contribution is 2.19. The summed E-state index contributed by atoms with van der Waals surface area (Å²) in [5, 5.41) is 19.3. The first-order valence-electron chi connectivity index (χ1n) is 4.83. The Labute approximate surface area is 121 Å². The summed E-state index contributed by atoms with van der Waals surface area (Å²) >= 11 is 10.8. The highest BCUT2D eigenvalue weighted by molar-refractivity contribution is 6.51. The fourth-order valence-corrected chi connectivity index (χ4v) is 1.21. The fraction of sp³-hybridized carbons (Fsp3) is 0. The number of nitrogens with one attached hydrogen (secondary N) is 1. The molecule has 0 heterocycles. The Morgan fingerprint density at radius 2 is 2.05 bits per heavy atom. The molecule has 0 aliphatic carbocycles. The minimum atomic E-state index is -1.46. The smallest absolute Gasteiger partial charge is 0.348 e. The van der Waals surface area contributed by atoms with Gasteiger partial charge in [0.05, 0.1) is 22.5 Å². The van der Waals surface area contributed by atoms with Gasteiger partial charge in [0.15, 0.2) is 0 Å². The Hall–Kier alpha value is -2.17. The molecular formula is C11H5Cl2F2N3O2. The number of benzene rings is 1. The minimum absolute atomic E-state index is 0.353. The first-order chi connectivity index (χ1) is 9.36. The average Bonchev–Trinajstić information content (AvgIpc) is 2.40. The topological polar surface area (TPSA) is 85.5 Å². The number of anilines is 1. The van der Waals surface area contributed by atoms with Crippen LogP contribution in [0.5, 0.6) is 0 Å². The lowest BCUT2D eigenvalue weighted by atomic mass is 10.2. The summed E-state index contributed by atoms with van der Waals surface area (Å²) in [6, 6.07) is 2.89. The van der Waals surface area contributed by atoms with Gasteiger partial charge >= 0.3 is 5.97 Å². The lowest BCUT2D eigenvalue weighted by Gasteiger charge is -2.03. The van der Waals surface area contributed by atoms with E-state index in [1.807, 2.05) is 0 Å². The van der Waals surface area contributed by atoms with E-state index < -0.39 is 33.2 Å². The van der Waals surface area contributed by atoms with Crippen LogP contribution in [-0.4, -0.2) is 17.3 Å². The van der Waals surface area contributed by atoms with E-state index in [1.54, 1.807) is 0 Å². The van der Waals surface area contributed by atoms with Crippen LogP contribution in [0, 0.1) is 23.0 Å². The summed E-state index contributed by atoms with van der Waals surface area (Å²) in [6.07, 6.45) is 0.813. The highest BCUT2D eigenvalue weighted by atomic mass is 35.5. The van der Waals surface area contributed by atoms with Crippen LogP contribution in [-0.2, 0) is 4.79 Å². The van der Waals surface area contributed by atoms with Crippen molar-refractivity contribution in [2.45, 2.75) is 0 Å². The number of rotatable bonds is 4. The average molecular weight is 320 g/mol. The highest BCUT2D eigenvalue weighted by Gasteiger charge is 2.10. The van der Waals surface area contributed by atoms with Gasteiger partial charge in [0, 0.05) is 6.07 Å². The summed E-state index contributed by atoms with van der Waals surface area (Å²) < 4.78 is 26.6. The Morgan fingerprint density at radius 1 is 1.40 bits per heavy atom. The largest absolute Gasteiger partial charge is 0.477 e. The molecule has 0 saturated heterocycles. The molecule has 1 aromatic carbocycles. The molecule has 0 spiro atoms. The van der Waals surface area contributed by atoms with Gasteiger partial charge in [0.2, 0.25) is 0 Å². The standard InChI is InChI=1S/C11H5Cl2F2N3O2/c12-6(10(13)11(19)20)4-17-18-9-2-7(14)5(3-16)1-8(9)15/h1-2,4,18H,(H,19,20)/b10-6-,17-4-. The van der Waals surface area contributed by atoms with Crippen molar-refractivity contribution in [2.24, 2.45) is 5.10 Å². The van der Waals surface area contributed by atoms with Crippen molar-refractivity contribution in [2.75, 3.05) is 5.43 Å². The van der Waals surface area contributed by atoms with Crippen LogP contribution in [0.4, 0.5) is 14.5 Å². The second-order valence-corrected chi connectivity index (χ2v) is 4.05. The predicted molar refractivity (Wildman–Crippen MR) is 69.6 cm³/mol. The summed E-state index contributed by atoms with van der Waals surface area (Å²) in [4.78, 5) is 10.4. The van der Waals surface area contributed by atoms with Crippen molar-refractivity contribution in [1.82, 2.24) is 0 Å². The molecule has 2 N–H and O–H groups in total. The Balaban J connectivity index is 2.92. The van der Waals surface area contributed by atoms with Crippen molar-refractivity contribution in [3.8, 4) is 6.07 Å². The third-order valence-corrected chi connectivity index (χ3v) is 2.69. The predicted octanol–water partition coefficient (Wildman–Crippen LogP) is 3.01. The number of halogens is 4. The van der Waals surface area contributed by atoms with Gasteiger partial charge in [-0.05, 0) is 6.07 Å². The van der Waals surface area contributed by atoms with Crippen molar-refractivity contribution in [3.05, 3.63) is 39.4 Å². The van der Waals surface area contributed by atoms with Crippen molar-refractivity contribution >= 4 is 41.1 Å². The molecular weight excluding hydrogens is 315 g/mol. The second-order valence-electron chi connectivity index (χ2n) is 3.26. The van der Waals surface area contributed by atoms with E-state index in [9.17, 15) is 13.6 Å². The minimum Gasteiger partial charge on any atom is -0.477 e. The van der Waals surface area contributed by atoms with E-state index in [-0.39, 0.29) is 5.69 Å². The first-order valence-corrected chi connectivity index (χ1v) is 5.59. The molecule has 0 aliphatic rings. The van der Waals surface area contributed by atoms with E-state index in [2.05, 4.69) is 10.5 Å². The van der Waals surface area contributed by atoms with Crippen LogP contribution in [0.15, 0.2) is 27.3 Å². The van der Waals surface area contributed by atoms with Crippen LogP contribution in [0.3, 0.4) is 0 Å². The molecule has 0 atom stereocenters. The lowest BCUT2D eigenvalue weighted by Crippen LogP contribution is -1.99. The summed E-state index contributed by atoms with van der Waals surface area (Å²) in [5.74, 6) is -3.31. The van der Waals surface area contributed by atoms with Crippen LogP contribution < -0.4 is 5.43 Å². The number of nitriles is 1. The lowest BCUT2D eigenvalue weighted by molar-refractivity contribution is -0.131. The fourth-order valence-electron chi connectivity index (χ4n) is 1.04. The van der Waals surface area contributed by atoms with Crippen LogP contribution in [0.2, 0.25) is 0 Å². The van der Waals surface area contributed by atoms with Crippen LogP contribution >= 0.6 is 23.2 Å². The Bertz CT molecular complexity index is 654. The monoisotopic (exact) mass is 319 g/mol. The number of aliphatic carboxylic acids is 1. The summed E-state index contributed by atoms with van der Waals surface area (Å²) in [7, 11) is 0. The molecule has 0 fully saturated rings. The number of allylic oxidation sites excluding steroid dienone is 1. The van der Waals surface area contributed by atoms with Gasteiger partial charge in [0.25, 0.3) is 0 Å². The van der Waals surface area contributed by atoms with Gasteiger partial charge in [-0.1, -0.05) is 23.2 Å². The quantitative estimate of drug-likeness (QED) is 0.507. The van der Waals surface area contributed by atoms with Crippen molar-refractivity contribution < 1.29 is 18.7 Å². The molecule has 1 aromatic rings. The molecule has 5 nitrogen and oxygen atoms in total. The van der Waals surface area contributed by atoms with Crippen molar-refractivity contribution in [1.29, 1.82) is 5.26 Å². The number of hydrogen-bond donors (Lipinski definition) is 2. The number of hydrogen-bond acceptors (Lipinski definition) is 4. The van der Waals surface area contributed by atoms with E-state index in [0.29, 0.717) is 6.07 Å². The normalized spacial score (nSPS) is 11.9. The third kappa shape index (κ3) is 3.91. The zero-order valence-electron chi connectivity index (χ0n) is 9.49. The number of carboxylic acid groups (broad SMARTS) is 1. The SMILES string of the molecule is N#Cc1cc(F)c(N/N=C\C(Cl)=C(\Cl)C(=O)O)cc1F. The van der Waals surface area contributed by atoms with Gasteiger partial charge in [0.1, 0.15) is 22.7 Å². The maximum Gasteiger partial charge on any atom is 0.348 e. The molecule has 1 rings (SSSR count). The van der Waals surface area contributed by atoms with Gasteiger partial charge in [-0.25, -0.2) is 13.6 Å². The summed E-state index contributed by atoms with van der Waals surface area (Å²) in [5.41, 5.74) is 1.30. The molecule has 0 radical (unpaired) electrons. The van der Waals surface area contributed by atoms with E-state index in [0.717, 1.165) is 12.3 Å². The maximum atomic E-state index is 13.4. The summed E-state index contributed by atoms with van der Waals surface area (Å²) in [6.45, 7) is 0. The second kappa shape index (κ2) is 6.84. The molecule has 0 saturated carbocycles. The molecule has 9 heteroatoms. The molecule has 20 heavy (non-hydrogen) atoms. The number of nitrogens with zero attached hydrogens (tertiary/aromatic N) is 2. The number of carbonyl (C=O) groups is 1. The number of carboxylic acids is 1. The van der Waals surface area contributed by atoms with Gasteiger partial charge in [-0.3, -0.25) is 5.43 Å². The first kappa shape index (κ1) is 15.9. The maximum absolute atomic E-state index is 13.4. The Morgan fingerprint density at radius 3 is 2.60 bits per heavy atom. The number of hydrazone groups is 1. The van der Waals surface area contributed by atoms with E-state index >= 15 is 0 Å². The zero-order chi connectivity index (χ0) is 15.3. The Kier molecular flexibility index (Phi) is 5.43. The van der Waals surface area contributed by atoms with Crippen LogP contribution in [0.25, 0.3) is 0 Å². The van der Waals surface area contributed by atoms with Gasteiger partial charge in [-0.15, -0.1) is 0 Å². The van der Waals surface area contributed by atoms with Gasteiger partial charge in [-0.2, -0.15) is 10.4 Å². The molecule has 0 amide bonds.